The van der Waals surface area contributed by atoms with Crippen molar-refractivity contribution in [1.82, 2.24) is 0 Å². The fourth-order valence-electron chi connectivity index (χ4n) is 2.46. The van der Waals surface area contributed by atoms with Gasteiger partial charge in [-0.2, -0.15) is 0 Å². The minimum absolute atomic E-state index is 0.538. The molecular weight excluding hydrogens is 188 g/mol. The Morgan fingerprint density at radius 1 is 1.27 bits per heavy atom. The van der Waals surface area contributed by atoms with Crippen molar-refractivity contribution in [3.63, 3.8) is 0 Å². The quantitative estimate of drug-likeness (QED) is 0.768. The molecule has 1 unspecified atom stereocenters. The molecule has 1 aromatic carbocycles. The molecule has 1 fully saturated rings. The van der Waals surface area contributed by atoms with Gasteiger partial charge in [-0.15, -0.1) is 0 Å². The summed E-state index contributed by atoms with van der Waals surface area (Å²) in [5.41, 5.74) is 1.95. The average Bonchev–Trinajstić information content (AvgIpc) is 2.81. The lowest BCUT2D eigenvalue weighted by atomic mass is 9.91. The predicted molar refractivity (Wildman–Crippen MR) is 58.7 cm³/mol. The second kappa shape index (κ2) is 4.58. The fourth-order valence-corrected chi connectivity index (χ4v) is 2.46. The number of carbonyl (C=O) groups is 1. The molecule has 0 radical (unpaired) electrons. The van der Waals surface area contributed by atoms with Gasteiger partial charge in [-0.1, -0.05) is 37.1 Å². The van der Waals surface area contributed by atoms with Crippen LogP contribution in [0.5, 0.6) is 0 Å². The van der Waals surface area contributed by atoms with Crippen LogP contribution in [0.3, 0.4) is 0 Å². The molecule has 0 aliphatic heterocycles. The molecule has 0 spiro atoms. The number of hydrogen-bond acceptors (Lipinski definition) is 2. The van der Waals surface area contributed by atoms with E-state index in [4.69, 9.17) is 0 Å². The first kappa shape index (κ1) is 10.4. The molecule has 1 aliphatic rings. The third-order valence-corrected chi connectivity index (χ3v) is 3.24. The summed E-state index contributed by atoms with van der Waals surface area (Å²) in [6, 6.07) is 7.75. The Bertz CT molecular complexity index is 340. The van der Waals surface area contributed by atoms with Crippen LogP contribution in [0.4, 0.5) is 0 Å². The molecule has 1 aliphatic carbocycles. The number of rotatable bonds is 3. The number of carbonyl (C=O) groups excluding carboxylic acids is 1. The normalized spacial score (nSPS) is 19.0. The van der Waals surface area contributed by atoms with Gasteiger partial charge >= 0.3 is 0 Å². The molecular formula is C13H16O2. The summed E-state index contributed by atoms with van der Waals surface area (Å²) in [7, 11) is 0. The zero-order valence-electron chi connectivity index (χ0n) is 8.73. The highest BCUT2D eigenvalue weighted by Crippen LogP contribution is 2.37. The summed E-state index contributed by atoms with van der Waals surface area (Å²) in [6.07, 6.45) is 4.53. The lowest BCUT2D eigenvalue weighted by Gasteiger charge is -2.16. The Morgan fingerprint density at radius 2 is 1.93 bits per heavy atom. The highest BCUT2D eigenvalue weighted by molar-refractivity contribution is 5.61. The second-order valence-corrected chi connectivity index (χ2v) is 4.19. The van der Waals surface area contributed by atoms with Crippen molar-refractivity contribution in [2.45, 2.75) is 37.7 Å². The SMILES string of the molecule is O=CC(O)c1ccccc1C1CCCC1. The van der Waals surface area contributed by atoms with E-state index in [1.165, 1.54) is 25.7 Å². The highest BCUT2D eigenvalue weighted by atomic mass is 16.3. The van der Waals surface area contributed by atoms with E-state index in [9.17, 15) is 9.90 Å². The average molecular weight is 204 g/mol. The van der Waals surface area contributed by atoms with Gasteiger partial charge in [-0.05, 0) is 29.9 Å². The van der Waals surface area contributed by atoms with Crippen LogP contribution in [-0.2, 0) is 4.79 Å². The van der Waals surface area contributed by atoms with E-state index in [1.807, 2.05) is 24.3 Å². The van der Waals surface area contributed by atoms with Gasteiger partial charge in [0, 0.05) is 0 Å². The number of aliphatic hydroxyl groups is 1. The van der Waals surface area contributed by atoms with Crippen molar-refractivity contribution < 1.29 is 9.90 Å². The van der Waals surface area contributed by atoms with Crippen molar-refractivity contribution in [3.8, 4) is 0 Å². The van der Waals surface area contributed by atoms with Crippen LogP contribution in [0.2, 0.25) is 0 Å². The van der Waals surface area contributed by atoms with Gasteiger partial charge in [0.25, 0.3) is 0 Å². The Labute approximate surface area is 89.9 Å². The van der Waals surface area contributed by atoms with Gasteiger partial charge in [0.05, 0.1) is 0 Å². The molecule has 2 rings (SSSR count). The third kappa shape index (κ3) is 2.10. The Balaban J connectivity index is 2.32. The van der Waals surface area contributed by atoms with Crippen molar-refractivity contribution in [2.24, 2.45) is 0 Å². The van der Waals surface area contributed by atoms with Crippen LogP contribution in [0.1, 0.15) is 48.8 Å². The maximum Gasteiger partial charge on any atom is 0.153 e. The molecule has 0 amide bonds. The van der Waals surface area contributed by atoms with E-state index in [-0.39, 0.29) is 0 Å². The van der Waals surface area contributed by atoms with Crippen LogP contribution in [0.25, 0.3) is 0 Å². The molecule has 2 nitrogen and oxygen atoms in total. The van der Waals surface area contributed by atoms with E-state index in [0.29, 0.717) is 12.2 Å². The lowest BCUT2D eigenvalue weighted by molar-refractivity contribution is -0.115. The van der Waals surface area contributed by atoms with Crippen LogP contribution in [0.15, 0.2) is 24.3 Å². The highest BCUT2D eigenvalue weighted by Gasteiger charge is 2.21. The van der Waals surface area contributed by atoms with Gasteiger partial charge in [-0.25, -0.2) is 0 Å². The number of benzene rings is 1. The summed E-state index contributed by atoms with van der Waals surface area (Å²) in [5.74, 6) is 0.538. The first-order chi connectivity index (χ1) is 7.33. The molecule has 1 aromatic rings. The zero-order valence-corrected chi connectivity index (χ0v) is 8.73. The van der Waals surface area contributed by atoms with Gasteiger partial charge < -0.3 is 9.90 Å². The fraction of sp³-hybridized carbons (Fsp3) is 0.462. The summed E-state index contributed by atoms with van der Waals surface area (Å²) >= 11 is 0. The molecule has 15 heavy (non-hydrogen) atoms. The summed E-state index contributed by atoms with van der Waals surface area (Å²) in [4.78, 5) is 10.6. The van der Waals surface area contributed by atoms with Crippen LogP contribution >= 0.6 is 0 Å². The number of aliphatic hydroxyl groups excluding tert-OH is 1. The predicted octanol–water partition coefficient (Wildman–Crippen LogP) is 2.58. The van der Waals surface area contributed by atoms with Gasteiger partial charge in [0.2, 0.25) is 0 Å². The smallest absolute Gasteiger partial charge is 0.153 e. The van der Waals surface area contributed by atoms with Crippen molar-refractivity contribution in [1.29, 1.82) is 0 Å². The molecule has 80 valence electrons. The maximum absolute atomic E-state index is 10.6. The number of hydrogen-bond donors (Lipinski definition) is 1. The van der Waals surface area contributed by atoms with Gasteiger partial charge in [-0.3, -0.25) is 0 Å². The second-order valence-electron chi connectivity index (χ2n) is 4.19. The Hall–Kier alpha value is -1.15. The number of aldehydes is 1. The standard InChI is InChI=1S/C13H16O2/c14-9-13(15)12-8-4-3-7-11(12)10-5-1-2-6-10/h3-4,7-10,13,15H,1-2,5-6H2. The van der Waals surface area contributed by atoms with Crippen molar-refractivity contribution >= 4 is 6.29 Å². The van der Waals surface area contributed by atoms with E-state index >= 15 is 0 Å². The molecule has 0 aromatic heterocycles. The molecule has 0 heterocycles. The minimum atomic E-state index is -0.957. The molecule has 0 saturated heterocycles. The van der Waals surface area contributed by atoms with Crippen LogP contribution < -0.4 is 0 Å². The monoisotopic (exact) mass is 204 g/mol. The van der Waals surface area contributed by atoms with Crippen LogP contribution in [0, 0.1) is 0 Å². The molecule has 1 N–H and O–H groups in total. The van der Waals surface area contributed by atoms with E-state index in [0.717, 1.165) is 11.1 Å². The van der Waals surface area contributed by atoms with Crippen molar-refractivity contribution in [3.05, 3.63) is 35.4 Å². The van der Waals surface area contributed by atoms with Crippen molar-refractivity contribution in [2.75, 3.05) is 0 Å². The third-order valence-electron chi connectivity index (χ3n) is 3.24. The first-order valence-electron chi connectivity index (χ1n) is 5.55. The molecule has 1 saturated carbocycles. The maximum atomic E-state index is 10.6. The lowest BCUT2D eigenvalue weighted by Crippen LogP contribution is -2.05. The van der Waals surface area contributed by atoms with E-state index in [1.54, 1.807) is 0 Å². The zero-order chi connectivity index (χ0) is 10.7. The van der Waals surface area contributed by atoms with Gasteiger partial charge in [0.1, 0.15) is 6.10 Å². The Morgan fingerprint density at radius 3 is 2.60 bits per heavy atom. The van der Waals surface area contributed by atoms with Gasteiger partial charge in [0.15, 0.2) is 6.29 Å². The summed E-state index contributed by atoms with van der Waals surface area (Å²) in [5, 5.41) is 9.60. The molecule has 2 heteroatoms. The summed E-state index contributed by atoms with van der Waals surface area (Å²) in [6.45, 7) is 0. The van der Waals surface area contributed by atoms with E-state index < -0.39 is 6.10 Å². The topological polar surface area (TPSA) is 37.3 Å². The first-order valence-corrected chi connectivity index (χ1v) is 5.55. The molecule has 1 atom stereocenters. The van der Waals surface area contributed by atoms with Crippen LogP contribution in [-0.4, -0.2) is 11.4 Å². The Kier molecular flexibility index (Phi) is 3.17. The molecule has 0 bridgehead atoms. The summed E-state index contributed by atoms with van der Waals surface area (Å²) < 4.78 is 0. The van der Waals surface area contributed by atoms with E-state index in [2.05, 4.69) is 0 Å². The largest absolute Gasteiger partial charge is 0.381 e. The minimum Gasteiger partial charge on any atom is -0.381 e.